The number of rotatable bonds is 4. The zero-order valence-corrected chi connectivity index (χ0v) is 18.1. The third-order valence-corrected chi connectivity index (χ3v) is 5.77. The highest BCUT2D eigenvalue weighted by molar-refractivity contribution is 5.72. The molecule has 3 aromatic rings. The van der Waals surface area contributed by atoms with Gasteiger partial charge in [-0.15, -0.1) is 10.2 Å². The minimum Gasteiger partial charge on any atom is -0.493 e. The Morgan fingerprint density at radius 2 is 1.41 bits per heavy atom. The maximum absolute atomic E-state index is 5.54. The Hall–Kier alpha value is -3.02. The van der Waals surface area contributed by atoms with Crippen molar-refractivity contribution in [1.82, 2.24) is 14.8 Å². The molecule has 1 aliphatic heterocycles. The van der Waals surface area contributed by atoms with Gasteiger partial charge in [-0.3, -0.25) is 0 Å². The van der Waals surface area contributed by atoms with E-state index in [2.05, 4.69) is 54.6 Å². The Balaban J connectivity index is 1.96. The van der Waals surface area contributed by atoms with E-state index in [-0.39, 0.29) is 5.54 Å². The van der Waals surface area contributed by atoms with Crippen molar-refractivity contribution in [3.8, 4) is 40.0 Å². The van der Waals surface area contributed by atoms with Crippen LogP contribution in [0.4, 0.5) is 0 Å². The van der Waals surface area contributed by atoms with E-state index >= 15 is 0 Å². The van der Waals surface area contributed by atoms with Crippen LogP contribution in [0.15, 0.2) is 24.3 Å². The molecule has 2 aromatic carbocycles. The largest absolute Gasteiger partial charge is 0.493 e. The van der Waals surface area contributed by atoms with Crippen molar-refractivity contribution in [2.45, 2.75) is 39.7 Å². The summed E-state index contributed by atoms with van der Waals surface area (Å²) in [4.78, 5) is 0. The Morgan fingerprint density at radius 3 is 2.00 bits per heavy atom. The van der Waals surface area contributed by atoms with Crippen molar-refractivity contribution >= 4 is 0 Å². The van der Waals surface area contributed by atoms with Crippen LogP contribution in [-0.4, -0.2) is 36.1 Å². The third-order valence-electron chi connectivity index (χ3n) is 5.77. The van der Waals surface area contributed by atoms with Gasteiger partial charge in [0.05, 0.1) is 21.3 Å². The number of benzene rings is 2. The summed E-state index contributed by atoms with van der Waals surface area (Å²) in [5, 5.41) is 9.18. The third kappa shape index (κ3) is 2.94. The Bertz CT molecular complexity index is 1070. The fourth-order valence-electron chi connectivity index (χ4n) is 4.20. The van der Waals surface area contributed by atoms with Gasteiger partial charge < -0.3 is 18.8 Å². The molecule has 0 saturated carbocycles. The molecule has 0 unspecified atom stereocenters. The van der Waals surface area contributed by atoms with Gasteiger partial charge in [-0.05, 0) is 69.0 Å². The van der Waals surface area contributed by atoms with Crippen molar-refractivity contribution in [1.29, 1.82) is 0 Å². The van der Waals surface area contributed by atoms with E-state index in [0.717, 1.165) is 29.2 Å². The number of aryl methyl sites for hydroxylation is 2. The maximum Gasteiger partial charge on any atom is 0.203 e. The Labute approximate surface area is 171 Å². The van der Waals surface area contributed by atoms with Crippen molar-refractivity contribution < 1.29 is 14.2 Å². The minimum absolute atomic E-state index is 0.177. The maximum atomic E-state index is 5.54. The molecule has 0 spiro atoms. The number of hydrogen-bond acceptors (Lipinski definition) is 5. The van der Waals surface area contributed by atoms with Gasteiger partial charge in [0.25, 0.3) is 0 Å². The quantitative estimate of drug-likeness (QED) is 0.651. The summed E-state index contributed by atoms with van der Waals surface area (Å²) in [6.07, 6.45) is 0.909. The van der Waals surface area contributed by atoms with E-state index in [1.54, 1.807) is 21.3 Å². The number of methoxy groups -OCH3 is 3. The van der Waals surface area contributed by atoms with E-state index in [1.807, 2.05) is 12.1 Å². The lowest BCUT2D eigenvalue weighted by Crippen LogP contribution is -2.34. The molecule has 1 aromatic heterocycles. The van der Waals surface area contributed by atoms with Crippen molar-refractivity contribution in [2.75, 3.05) is 21.3 Å². The van der Waals surface area contributed by atoms with Crippen molar-refractivity contribution in [2.24, 2.45) is 0 Å². The number of hydrogen-bond donors (Lipinski definition) is 0. The molecule has 6 nitrogen and oxygen atoms in total. The highest BCUT2D eigenvalue weighted by atomic mass is 16.5. The standard InChI is InChI=1S/C23H27N3O3/c1-13-8-16-12-23(3,4)26-21(24-25-22(26)17(16)9-14(13)2)15-10-18(27-5)20(29-7)19(11-15)28-6/h8-11H,12H2,1-7H3. The zero-order chi connectivity index (χ0) is 20.9. The molecule has 6 heteroatoms. The van der Waals surface area contributed by atoms with Gasteiger partial charge in [0.15, 0.2) is 23.1 Å². The normalized spacial score (nSPS) is 14.2. The molecular weight excluding hydrogens is 366 g/mol. The number of aromatic nitrogens is 3. The lowest BCUT2D eigenvalue weighted by molar-refractivity contribution is 0.324. The fraction of sp³-hybridized carbons (Fsp3) is 0.391. The molecule has 0 fully saturated rings. The van der Waals surface area contributed by atoms with Gasteiger partial charge in [-0.1, -0.05) is 6.07 Å². The van der Waals surface area contributed by atoms with E-state index in [1.165, 1.54) is 16.7 Å². The average molecular weight is 393 g/mol. The van der Waals surface area contributed by atoms with Gasteiger partial charge in [0.2, 0.25) is 5.75 Å². The lowest BCUT2D eigenvalue weighted by atomic mass is 9.85. The summed E-state index contributed by atoms with van der Waals surface area (Å²) >= 11 is 0. The minimum atomic E-state index is -0.177. The molecule has 0 saturated heterocycles. The molecule has 4 rings (SSSR count). The van der Waals surface area contributed by atoms with E-state index < -0.39 is 0 Å². The van der Waals surface area contributed by atoms with E-state index in [9.17, 15) is 0 Å². The highest BCUT2D eigenvalue weighted by Gasteiger charge is 2.35. The SMILES string of the molecule is COc1cc(-c2nnc3n2C(C)(C)Cc2cc(C)c(C)cc2-3)cc(OC)c1OC. The topological polar surface area (TPSA) is 58.4 Å². The van der Waals surface area contributed by atoms with Gasteiger partial charge in [-0.2, -0.15) is 0 Å². The van der Waals surface area contributed by atoms with Gasteiger partial charge in [0, 0.05) is 16.7 Å². The van der Waals surface area contributed by atoms with Gasteiger partial charge >= 0.3 is 0 Å². The van der Waals surface area contributed by atoms with Crippen molar-refractivity contribution in [3.05, 3.63) is 41.0 Å². The average Bonchev–Trinajstić information content (AvgIpc) is 3.15. The van der Waals surface area contributed by atoms with Crippen LogP contribution in [0.3, 0.4) is 0 Å². The summed E-state index contributed by atoms with van der Waals surface area (Å²) < 4.78 is 18.8. The fourth-order valence-corrected chi connectivity index (χ4v) is 4.20. The monoisotopic (exact) mass is 393 g/mol. The van der Waals surface area contributed by atoms with Crippen LogP contribution < -0.4 is 14.2 Å². The van der Waals surface area contributed by atoms with Crippen LogP contribution in [0.5, 0.6) is 17.2 Å². The molecule has 152 valence electrons. The first kappa shape index (κ1) is 19.3. The Morgan fingerprint density at radius 1 is 0.828 bits per heavy atom. The van der Waals surface area contributed by atoms with E-state index in [4.69, 9.17) is 14.2 Å². The summed E-state index contributed by atoms with van der Waals surface area (Å²) in [5.74, 6) is 3.43. The van der Waals surface area contributed by atoms with Crippen LogP contribution in [0, 0.1) is 13.8 Å². The van der Waals surface area contributed by atoms with Gasteiger partial charge in [0.1, 0.15) is 0 Å². The molecule has 0 aliphatic carbocycles. The predicted octanol–water partition coefficient (Wildman–Crippen LogP) is 4.55. The first-order valence-electron chi connectivity index (χ1n) is 9.67. The summed E-state index contributed by atoms with van der Waals surface area (Å²) in [5.41, 5.74) is 5.72. The molecule has 2 heterocycles. The first-order chi connectivity index (χ1) is 13.8. The second-order valence-electron chi connectivity index (χ2n) is 8.18. The molecule has 0 amide bonds. The predicted molar refractivity (Wildman–Crippen MR) is 113 cm³/mol. The smallest absolute Gasteiger partial charge is 0.203 e. The van der Waals surface area contributed by atoms with Crippen LogP contribution >= 0.6 is 0 Å². The number of nitrogens with zero attached hydrogens (tertiary/aromatic N) is 3. The molecule has 0 N–H and O–H groups in total. The van der Waals surface area contributed by atoms with E-state index in [0.29, 0.717) is 17.2 Å². The van der Waals surface area contributed by atoms with Gasteiger partial charge in [-0.25, -0.2) is 0 Å². The Kier molecular flexibility index (Phi) is 4.52. The highest BCUT2D eigenvalue weighted by Crippen LogP contribution is 2.44. The molecular formula is C23H27N3O3. The van der Waals surface area contributed by atoms with Crippen LogP contribution in [0.2, 0.25) is 0 Å². The molecule has 0 bridgehead atoms. The summed E-state index contributed by atoms with van der Waals surface area (Å²) in [7, 11) is 4.83. The molecule has 0 atom stereocenters. The second kappa shape index (κ2) is 6.79. The first-order valence-corrected chi connectivity index (χ1v) is 9.67. The molecule has 29 heavy (non-hydrogen) atoms. The molecule has 1 aliphatic rings. The zero-order valence-electron chi connectivity index (χ0n) is 18.1. The molecule has 0 radical (unpaired) electrons. The van der Waals surface area contributed by atoms with Crippen LogP contribution in [-0.2, 0) is 12.0 Å². The van der Waals surface area contributed by atoms with Crippen molar-refractivity contribution in [3.63, 3.8) is 0 Å². The van der Waals surface area contributed by atoms with Crippen LogP contribution in [0.1, 0.15) is 30.5 Å². The number of ether oxygens (including phenoxy) is 3. The summed E-state index contributed by atoms with van der Waals surface area (Å²) in [6.45, 7) is 8.73. The second-order valence-corrected chi connectivity index (χ2v) is 8.18. The number of fused-ring (bicyclic) bond motifs is 3. The van der Waals surface area contributed by atoms with Crippen LogP contribution in [0.25, 0.3) is 22.8 Å². The summed E-state index contributed by atoms with van der Waals surface area (Å²) in [6, 6.07) is 8.35. The lowest BCUT2D eigenvalue weighted by Gasteiger charge is -2.35.